The lowest BCUT2D eigenvalue weighted by Crippen LogP contribution is -2.49. The van der Waals surface area contributed by atoms with Crippen LogP contribution in [0.1, 0.15) is 21.7 Å². The second-order valence-electron chi connectivity index (χ2n) is 7.12. The van der Waals surface area contributed by atoms with Crippen LogP contribution in [0.3, 0.4) is 0 Å². The summed E-state index contributed by atoms with van der Waals surface area (Å²) in [5.74, 6) is -0.447. The molecule has 0 spiro atoms. The number of aryl methyl sites for hydroxylation is 1. The SMILES string of the molecule is Cc1cnc(C(=O)N[C@H]2COc3cc(Cl)cnc3N(C)C2=O)nc1-c1ccc(C#N)cc1. The van der Waals surface area contributed by atoms with Gasteiger partial charge in [0.25, 0.3) is 11.8 Å². The van der Waals surface area contributed by atoms with E-state index >= 15 is 0 Å². The Morgan fingerprint density at radius 2 is 2.03 bits per heavy atom. The first-order valence-corrected chi connectivity index (χ1v) is 9.96. The smallest absolute Gasteiger partial charge is 0.289 e. The van der Waals surface area contributed by atoms with Gasteiger partial charge in [-0.05, 0) is 24.6 Å². The fourth-order valence-corrected chi connectivity index (χ4v) is 3.37. The minimum atomic E-state index is -0.969. The van der Waals surface area contributed by atoms with Crippen molar-refractivity contribution >= 4 is 29.2 Å². The number of aromatic nitrogens is 3. The molecule has 2 amide bonds. The normalized spacial score (nSPS) is 15.2. The first-order chi connectivity index (χ1) is 15.4. The van der Waals surface area contributed by atoms with Crippen molar-refractivity contribution in [3.05, 3.63) is 64.7 Å². The summed E-state index contributed by atoms with van der Waals surface area (Å²) >= 11 is 5.96. The number of benzene rings is 1. The number of likely N-dealkylation sites (N-methyl/N-ethyl adjacent to an activating group) is 1. The molecule has 3 heterocycles. The molecule has 1 aliphatic rings. The second kappa shape index (κ2) is 8.61. The topological polar surface area (TPSA) is 121 Å². The Kier molecular flexibility index (Phi) is 5.71. The van der Waals surface area contributed by atoms with Gasteiger partial charge in [0, 0.05) is 31.1 Å². The fourth-order valence-electron chi connectivity index (χ4n) is 3.23. The van der Waals surface area contributed by atoms with Crippen LogP contribution in [0.2, 0.25) is 5.02 Å². The number of carbonyl (C=O) groups excluding carboxylic acids is 2. The summed E-state index contributed by atoms with van der Waals surface area (Å²) in [6.45, 7) is 1.72. The zero-order valence-corrected chi connectivity index (χ0v) is 17.9. The van der Waals surface area contributed by atoms with Crippen LogP contribution in [0.15, 0.2) is 42.7 Å². The van der Waals surface area contributed by atoms with Crippen molar-refractivity contribution in [1.82, 2.24) is 20.3 Å². The molecule has 2 aromatic heterocycles. The van der Waals surface area contributed by atoms with E-state index in [1.54, 1.807) is 37.4 Å². The molecule has 0 aliphatic carbocycles. The summed E-state index contributed by atoms with van der Waals surface area (Å²) < 4.78 is 5.66. The molecule has 0 unspecified atom stereocenters. The van der Waals surface area contributed by atoms with E-state index in [4.69, 9.17) is 21.6 Å². The molecule has 160 valence electrons. The summed E-state index contributed by atoms with van der Waals surface area (Å²) in [6, 6.07) is 9.50. The van der Waals surface area contributed by atoms with Gasteiger partial charge in [-0.2, -0.15) is 5.26 Å². The monoisotopic (exact) mass is 448 g/mol. The Balaban J connectivity index is 1.56. The quantitative estimate of drug-likeness (QED) is 0.653. The van der Waals surface area contributed by atoms with Gasteiger partial charge in [-0.1, -0.05) is 23.7 Å². The number of amides is 2. The van der Waals surface area contributed by atoms with E-state index in [2.05, 4.69) is 26.3 Å². The van der Waals surface area contributed by atoms with E-state index in [-0.39, 0.29) is 12.4 Å². The Morgan fingerprint density at radius 3 is 2.75 bits per heavy atom. The summed E-state index contributed by atoms with van der Waals surface area (Å²) in [5, 5.41) is 12.0. The van der Waals surface area contributed by atoms with Gasteiger partial charge in [0.05, 0.1) is 22.3 Å². The van der Waals surface area contributed by atoms with Crippen molar-refractivity contribution in [2.45, 2.75) is 13.0 Å². The molecule has 4 rings (SSSR count). The van der Waals surface area contributed by atoms with Gasteiger partial charge in [-0.15, -0.1) is 0 Å². The number of ether oxygens (including phenoxy) is 1. The van der Waals surface area contributed by atoms with Crippen LogP contribution in [0.25, 0.3) is 11.3 Å². The summed E-state index contributed by atoms with van der Waals surface area (Å²) in [6.07, 6.45) is 2.95. The summed E-state index contributed by atoms with van der Waals surface area (Å²) in [5.41, 5.74) is 2.58. The number of halogens is 1. The minimum absolute atomic E-state index is 0.0895. The first-order valence-electron chi connectivity index (χ1n) is 9.58. The van der Waals surface area contributed by atoms with Gasteiger partial charge in [0.2, 0.25) is 5.82 Å². The number of fused-ring (bicyclic) bond motifs is 1. The number of nitrogens with zero attached hydrogens (tertiary/aromatic N) is 5. The average molecular weight is 449 g/mol. The van der Waals surface area contributed by atoms with Crippen LogP contribution in [-0.2, 0) is 4.79 Å². The maximum atomic E-state index is 12.9. The molecular weight excluding hydrogens is 432 g/mol. The Labute approximate surface area is 188 Å². The fraction of sp³-hybridized carbons (Fsp3) is 0.182. The summed E-state index contributed by atoms with van der Waals surface area (Å²) in [4.78, 5) is 39.6. The number of anilines is 1. The zero-order valence-electron chi connectivity index (χ0n) is 17.2. The molecule has 0 saturated carbocycles. The van der Waals surface area contributed by atoms with Crippen LogP contribution in [-0.4, -0.2) is 46.5 Å². The average Bonchev–Trinajstić information content (AvgIpc) is 2.91. The molecule has 0 saturated heterocycles. The molecule has 1 N–H and O–H groups in total. The number of hydrogen-bond acceptors (Lipinski definition) is 7. The lowest BCUT2D eigenvalue weighted by molar-refractivity contribution is -0.120. The van der Waals surface area contributed by atoms with Crippen LogP contribution in [0.4, 0.5) is 5.82 Å². The standard InChI is InChI=1S/C22H17ClN6O3/c1-12-9-25-19(28-18(12)14-5-3-13(8-24)4-6-14)21(30)27-16-11-32-17-7-15(23)10-26-20(17)29(2)22(16)31/h3-7,9-10,16H,11H2,1-2H3,(H,27,30)/t16-/m0/s1. The number of nitriles is 1. The van der Waals surface area contributed by atoms with Crippen molar-refractivity contribution in [3.63, 3.8) is 0 Å². The summed E-state index contributed by atoms with van der Waals surface area (Å²) in [7, 11) is 1.54. The highest BCUT2D eigenvalue weighted by molar-refractivity contribution is 6.30. The predicted octanol–water partition coefficient (Wildman–Crippen LogP) is 2.53. The van der Waals surface area contributed by atoms with Crippen LogP contribution >= 0.6 is 11.6 Å². The lowest BCUT2D eigenvalue weighted by Gasteiger charge is -2.19. The highest BCUT2D eigenvalue weighted by Crippen LogP contribution is 2.30. The molecular formula is C22H17ClN6O3. The Hall–Kier alpha value is -4.03. The largest absolute Gasteiger partial charge is 0.487 e. The number of hydrogen-bond donors (Lipinski definition) is 1. The lowest BCUT2D eigenvalue weighted by atomic mass is 10.1. The predicted molar refractivity (Wildman–Crippen MR) is 116 cm³/mol. The molecule has 1 aromatic carbocycles. The second-order valence-corrected chi connectivity index (χ2v) is 7.56. The van der Waals surface area contributed by atoms with Crippen LogP contribution < -0.4 is 15.0 Å². The Bertz CT molecular complexity index is 1260. The number of nitrogens with one attached hydrogen (secondary N) is 1. The molecule has 0 bridgehead atoms. The van der Waals surface area contributed by atoms with Gasteiger partial charge >= 0.3 is 0 Å². The molecule has 32 heavy (non-hydrogen) atoms. The minimum Gasteiger partial charge on any atom is -0.487 e. The van der Waals surface area contributed by atoms with Gasteiger partial charge in [-0.3, -0.25) is 14.5 Å². The van der Waals surface area contributed by atoms with E-state index < -0.39 is 17.9 Å². The van der Waals surface area contributed by atoms with Crippen molar-refractivity contribution in [2.24, 2.45) is 0 Å². The maximum absolute atomic E-state index is 12.9. The third-order valence-corrected chi connectivity index (χ3v) is 5.13. The van der Waals surface area contributed by atoms with Gasteiger partial charge in [0.15, 0.2) is 11.6 Å². The van der Waals surface area contributed by atoms with Gasteiger partial charge in [-0.25, -0.2) is 15.0 Å². The molecule has 1 aliphatic heterocycles. The van der Waals surface area contributed by atoms with E-state index in [1.807, 2.05) is 6.92 Å². The molecule has 0 fully saturated rings. The molecule has 0 radical (unpaired) electrons. The van der Waals surface area contributed by atoms with Crippen molar-refractivity contribution in [3.8, 4) is 23.1 Å². The number of pyridine rings is 1. The van der Waals surface area contributed by atoms with E-state index in [0.717, 1.165) is 11.1 Å². The zero-order chi connectivity index (χ0) is 22.8. The van der Waals surface area contributed by atoms with Gasteiger partial charge < -0.3 is 10.1 Å². The van der Waals surface area contributed by atoms with E-state index in [0.29, 0.717) is 27.8 Å². The number of rotatable bonds is 3. The molecule has 10 heteroatoms. The third kappa shape index (κ3) is 4.08. The van der Waals surface area contributed by atoms with Crippen LogP contribution in [0, 0.1) is 18.3 Å². The Morgan fingerprint density at radius 1 is 1.28 bits per heavy atom. The van der Waals surface area contributed by atoms with Crippen LogP contribution in [0.5, 0.6) is 5.75 Å². The first kappa shape index (κ1) is 21.2. The van der Waals surface area contributed by atoms with E-state index in [9.17, 15) is 9.59 Å². The van der Waals surface area contributed by atoms with Crippen molar-refractivity contribution in [2.75, 3.05) is 18.6 Å². The highest BCUT2D eigenvalue weighted by Gasteiger charge is 2.32. The van der Waals surface area contributed by atoms with Crippen molar-refractivity contribution < 1.29 is 14.3 Å². The van der Waals surface area contributed by atoms with Gasteiger partial charge in [0.1, 0.15) is 12.6 Å². The third-order valence-electron chi connectivity index (χ3n) is 4.92. The van der Waals surface area contributed by atoms with E-state index in [1.165, 1.54) is 17.3 Å². The number of carbonyl (C=O) groups is 2. The highest BCUT2D eigenvalue weighted by atomic mass is 35.5. The molecule has 1 atom stereocenters. The molecule has 3 aromatic rings. The van der Waals surface area contributed by atoms with Crippen molar-refractivity contribution in [1.29, 1.82) is 5.26 Å². The molecule has 9 nitrogen and oxygen atoms in total. The maximum Gasteiger partial charge on any atom is 0.289 e.